The molecule has 0 radical (unpaired) electrons. The first-order chi connectivity index (χ1) is 14.6. The average Bonchev–Trinajstić information content (AvgIpc) is 2.69. The summed E-state index contributed by atoms with van der Waals surface area (Å²) in [5.41, 5.74) is -3.52. The minimum absolute atomic E-state index is 0.217. The Morgan fingerprint density at radius 2 is 1.94 bits per heavy atom. The third kappa shape index (κ3) is 4.42. The molecule has 1 aromatic heterocycles. The lowest BCUT2D eigenvalue weighted by Gasteiger charge is -2.41. The molecule has 0 saturated heterocycles. The number of carbonyl (C=O) groups is 2. The van der Waals surface area contributed by atoms with E-state index in [4.69, 9.17) is 5.26 Å². The van der Waals surface area contributed by atoms with E-state index >= 15 is 0 Å². The number of nitriles is 1. The third-order valence-electron chi connectivity index (χ3n) is 4.96. The summed E-state index contributed by atoms with van der Waals surface area (Å²) in [4.78, 5) is 27.8. The van der Waals surface area contributed by atoms with E-state index in [0.717, 1.165) is 19.4 Å². The number of amides is 1. The average molecular weight is 436 g/mol. The van der Waals surface area contributed by atoms with Gasteiger partial charge in [0.15, 0.2) is 5.69 Å². The number of hydrogen-bond acceptors (Lipinski definition) is 6. The molecule has 0 aliphatic heterocycles. The van der Waals surface area contributed by atoms with Crippen molar-refractivity contribution < 1.29 is 31.9 Å². The molecule has 0 spiro atoms. The Bertz CT molecular complexity index is 1080. The predicted octanol–water partition coefficient (Wildman–Crippen LogP) is 3.87. The number of hydrogen-bond donors (Lipinski definition) is 2. The fourth-order valence-corrected chi connectivity index (χ4v) is 3.17. The van der Waals surface area contributed by atoms with Crippen molar-refractivity contribution >= 4 is 23.3 Å². The zero-order chi connectivity index (χ0) is 22.8. The van der Waals surface area contributed by atoms with Gasteiger partial charge in [-0.25, -0.2) is 14.2 Å². The maximum Gasteiger partial charge on any atom is 0.419 e. The van der Waals surface area contributed by atoms with Crippen LogP contribution in [0.5, 0.6) is 0 Å². The van der Waals surface area contributed by atoms with E-state index in [0.29, 0.717) is 25.3 Å². The Labute approximate surface area is 174 Å². The first-order valence-corrected chi connectivity index (χ1v) is 9.04. The maximum atomic E-state index is 14.2. The normalized spacial score (nSPS) is 14.7. The van der Waals surface area contributed by atoms with Gasteiger partial charge in [0.25, 0.3) is 0 Å². The van der Waals surface area contributed by atoms with Crippen LogP contribution in [-0.2, 0) is 15.7 Å². The van der Waals surface area contributed by atoms with Crippen molar-refractivity contribution in [2.75, 3.05) is 17.7 Å². The van der Waals surface area contributed by atoms with Crippen molar-refractivity contribution in [3.8, 4) is 6.07 Å². The van der Waals surface area contributed by atoms with Crippen molar-refractivity contribution in [3.05, 3.63) is 53.1 Å². The topological polar surface area (TPSA) is 104 Å². The highest BCUT2D eigenvalue weighted by molar-refractivity contribution is 6.01. The van der Waals surface area contributed by atoms with Crippen LogP contribution in [0, 0.1) is 17.1 Å². The smallest absolute Gasteiger partial charge is 0.419 e. The van der Waals surface area contributed by atoms with E-state index in [9.17, 15) is 27.2 Å². The quantitative estimate of drug-likeness (QED) is 0.545. The number of methoxy groups -OCH3 is 1. The zero-order valence-corrected chi connectivity index (χ0v) is 16.1. The van der Waals surface area contributed by atoms with E-state index < -0.39 is 40.7 Å². The lowest BCUT2D eigenvalue weighted by atomic mass is 9.75. The molecule has 1 saturated carbocycles. The summed E-state index contributed by atoms with van der Waals surface area (Å²) in [5.74, 6) is -2.33. The second-order valence-corrected chi connectivity index (χ2v) is 6.93. The fraction of sp³-hybridized carbons (Fsp3) is 0.300. The predicted molar refractivity (Wildman–Crippen MR) is 101 cm³/mol. The Balaban J connectivity index is 1.82. The number of nitrogens with zero attached hydrogens (tertiary/aromatic N) is 2. The second-order valence-electron chi connectivity index (χ2n) is 6.93. The van der Waals surface area contributed by atoms with Crippen molar-refractivity contribution in [3.63, 3.8) is 0 Å². The van der Waals surface area contributed by atoms with Gasteiger partial charge in [0.2, 0.25) is 5.91 Å². The number of esters is 1. The Morgan fingerprint density at radius 3 is 2.45 bits per heavy atom. The number of pyridine rings is 1. The Hall–Kier alpha value is -3.68. The van der Waals surface area contributed by atoms with Crippen LogP contribution in [-0.4, -0.2) is 29.5 Å². The van der Waals surface area contributed by atoms with Crippen molar-refractivity contribution in [1.82, 2.24) is 4.98 Å². The molecule has 31 heavy (non-hydrogen) atoms. The molecule has 1 heterocycles. The summed E-state index contributed by atoms with van der Waals surface area (Å²) < 4.78 is 58.0. The van der Waals surface area contributed by atoms with Gasteiger partial charge in [-0.2, -0.15) is 18.4 Å². The number of rotatable bonds is 5. The molecule has 0 atom stereocenters. The number of alkyl halides is 3. The first-order valence-electron chi connectivity index (χ1n) is 9.04. The maximum absolute atomic E-state index is 14.2. The molecular weight excluding hydrogens is 420 g/mol. The monoisotopic (exact) mass is 436 g/mol. The first kappa shape index (κ1) is 22.0. The molecule has 1 fully saturated rings. The van der Waals surface area contributed by atoms with E-state index in [1.165, 1.54) is 18.2 Å². The molecule has 3 rings (SSSR count). The number of aromatic nitrogens is 1. The second kappa shape index (κ2) is 8.22. The number of carbonyl (C=O) groups excluding carboxylic acids is 2. The van der Waals surface area contributed by atoms with Gasteiger partial charge in [0.1, 0.15) is 17.4 Å². The summed E-state index contributed by atoms with van der Waals surface area (Å²) in [7, 11) is 1.11. The number of ether oxygens (including phenoxy) is 1. The summed E-state index contributed by atoms with van der Waals surface area (Å²) in [6.45, 7) is 0. The van der Waals surface area contributed by atoms with Gasteiger partial charge in [-0.05, 0) is 43.5 Å². The van der Waals surface area contributed by atoms with Crippen LogP contribution in [0.1, 0.15) is 40.9 Å². The van der Waals surface area contributed by atoms with Crippen molar-refractivity contribution in [2.24, 2.45) is 0 Å². The van der Waals surface area contributed by atoms with Crippen LogP contribution >= 0.6 is 0 Å². The van der Waals surface area contributed by atoms with Gasteiger partial charge in [-0.3, -0.25) is 4.79 Å². The van der Waals surface area contributed by atoms with Crippen molar-refractivity contribution in [2.45, 2.75) is 31.0 Å². The molecule has 0 unspecified atom stereocenters. The van der Waals surface area contributed by atoms with Crippen LogP contribution in [0.15, 0.2) is 30.5 Å². The summed E-state index contributed by atoms with van der Waals surface area (Å²) >= 11 is 0. The molecule has 1 aliphatic carbocycles. The molecule has 162 valence electrons. The van der Waals surface area contributed by atoms with Crippen LogP contribution in [0.25, 0.3) is 0 Å². The Morgan fingerprint density at radius 1 is 1.23 bits per heavy atom. The van der Waals surface area contributed by atoms with Crippen LogP contribution < -0.4 is 10.6 Å². The number of benzene rings is 1. The highest BCUT2D eigenvalue weighted by atomic mass is 19.4. The van der Waals surface area contributed by atoms with E-state index in [-0.39, 0.29) is 16.9 Å². The lowest BCUT2D eigenvalue weighted by molar-refractivity contribution is -0.138. The zero-order valence-electron chi connectivity index (χ0n) is 16.1. The molecule has 1 aliphatic rings. The SMILES string of the molecule is COC(=O)c1ccc(NC2(C(=O)Nc3cnc(C#N)c(C(F)(F)F)c3)CCC2)cc1F. The standard InChI is InChI=1S/C20H16F4N4O3/c1-31-17(29)13-4-3-11(8-15(13)21)28-19(5-2-6-19)18(30)27-12-7-14(20(22,23)24)16(9-25)26-10-12/h3-4,7-8,10,28H,2,5-6H2,1H3,(H,27,30). The van der Waals surface area contributed by atoms with Crippen LogP contribution in [0.3, 0.4) is 0 Å². The summed E-state index contributed by atoms with van der Waals surface area (Å²) in [5, 5.41) is 14.1. The molecule has 7 nitrogen and oxygen atoms in total. The van der Waals surface area contributed by atoms with E-state index in [1.807, 2.05) is 0 Å². The fourth-order valence-electron chi connectivity index (χ4n) is 3.17. The molecule has 2 aromatic rings. The highest BCUT2D eigenvalue weighted by Gasteiger charge is 2.44. The highest BCUT2D eigenvalue weighted by Crippen LogP contribution is 2.38. The largest absolute Gasteiger partial charge is 0.465 e. The van der Waals surface area contributed by atoms with Crippen molar-refractivity contribution in [1.29, 1.82) is 5.26 Å². The molecule has 11 heteroatoms. The van der Waals surface area contributed by atoms with Crippen LogP contribution in [0.4, 0.5) is 28.9 Å². The van der Waals surface area contributed by atoms with E-state index in [1.54, 1.807) is 0 Å². The minimum atomic E-state index is -4.82. The minimum Gasteiger partial charge on any atom is -0.465 e. The van der Waals surface area contributed by atoms with Gasteiger partial charge < -0.3 is 15.4 Å². The number of anilines is 2. The van der Waals surface area contributed by atoms with Gasteiger partial charge in [-0.15, -0.1) is 0 Å². The molecular formula is C20H16F4N4O3. The number of halogens is 4. The summed E-state index contributed by atoms with van der Waals surface area (Å²) in [6.07, 6.45) is -2.47. The Kier molecular flexibility index (Phi) is 5.83. The lowest BCUT2D eigenvalue weighted by Crippen LogP contribution is -2.54. The molecule has 0 bridgehead atoms. The molecule has 1 aromatic carbocycles. The molecule has 2 N–H and O–H groups in total. The third-order valence-corrected chi connectivity index (χ3v) is 4.96. The van der Waals surface area contributed by atoms with Gasteiger partial charge in [0.05, 0.1) is 30.1 Å². The molecule has 1 amide bonds. The van der Waals surface area contributed by atoms with Gasteiger partial charge >= 0.3 is 12.1 Å². The summed E-state index contributed by atoms with van der Waals surface area (Å²) in [6, 6.07) is 5.64. The van der Waals surface area contributed by atoms with Gasteiger partial charge in [-0.1, -0.05) is 0 Å². The number of nitrogens with one attached hydrogen (secondary N) is 2. The van der Waals surface area contributed by atoms with Gasteiger partial charge in [0, 0.05) is 5.69 Å². The van der Waals surface area contributed by atoms with Crippen LogP contribution in [0.2, 0.25) is 0 Å². The van der Waals surface area contributed by atoms with E-state index in [2.05, 4.69) is 20.4 Å².